The minimum atomic E-state index is -0.0133. The Morgan fingerprint density at radius 3 is 2.88 bits per heavy atom. The Labute approximate surface area is 97.5 Å². The molecule has 0 amide bonds. The van der Waals surface area contributed by atoms with Crippen molar-refractivity contribution in [2.45, 2.75) is 18.9 Å². The van der Waals surface area contributed by atoms with E-state index < -0.39 is 0 Å². The van der Waals surface area contributed by atoms with Crippen molar-refractivity contribution >= 4 is 22.7 Å². The Kier molecular flexibility index (Phi) is 2.92. The van der Waals surface area contributed by atoms with E-state index in [9.17, 15) is 9.90 Å². The standard InChI is InChI=1S/C12H13NO2S/c1-3-16-12-7(2)11(15)8-5-4-6-9(14)10(8)13-12/h4-6,14H,3H2,1-2H3,(H,13,15). The second-order valence-electron chi connectivity index (χ2n) is 3.54. The zero-order chi connectivity index (χ0) is 11.7. The van der Waals surface area contributed by atoms with Gasteiger partial charge in [0.1, 0.15) is 5.75 Å². The van der Waals surface area contributed by atoms with Gasteiger partial charge in [0.25, 0.3) is 0 Å². The summed E-state index contributed by atoms with van der Waals surface area (Å²) in [6.07, 6.45) is 0. The SMILES string of the molecule is CCSc1[nH]c2c(O)cccc2c(=O)c1C. The van der Waals surface area contributed by atoms with Crippen LogP contribution in [0.4, 0.5) is 0 Å². The number of aromatic amines is 1. The first-order valence-corrected chi connectivity index (χ1v) is 6.11. The Hall–Kier alpha value is -1.42. The molecule has 0 unspecified atom stereocenters. The van der Waals surface area contributed by atoms with Crippen molar-refractivity contribution in [1.29, 1.82) is 0 Å². The molecule has 1 aromatic carbocycles. The van der Waals surface area contributed by atoms with E-state index in [1.807, 2.05) is 6.92 Å². The number of nitrogens with one attached hydrogen (secondary N) is 1. The highest BCUT2D eigenvalue weighted by Gasteiger charge is 2.10. The first-order valence-electron chi connectivity index (χ1n) is 5.12. The Bertz CT molecular complexity index is 589. The normalized spacial score (nSPS) is 10.9. The van der Waals surface area contributed by atoms with Crippen molar-refractivity contribution in [2.24, 2.45) is 0 Å². The summed E-state index contributed by atoms with van der Waals surface area (Å²) in [5.74, 6) is 1.00. The minimum Gasteiger partial charge on any atom is -0.506 e. The van der Waals surface area contributed by atoms with E-state index in [0.717, 1.165) is 10.8 Å². The van der Waals surface area contributed by atoms with Crippen LogP contribution in [0.2, 0.25) is 0 Å². The van der Waals surface area contributed by atoms with Gasteiger partial charge >= 0.3 is 0 Å². The molecule has 0 radical (unpaired) electrons. The fraction of sp³-hybridized carbons (Fsp3) is 0.250. The van der Waals surface area contributed by atoms with E-state index in [1.54, 1.807) is 36.9 Å². The van der Waals surface area contributed by atoms with Crippen molar-refractivity contribution < 1.29 is 5.11 Å². The molecule has 0 atom stereocenters. The van der Waals surface area contributed by atoms with Crippen LogP contribution >= 0.6 is 11.8 Å². The smallest absolute Gasteiger partial charge is 0.193 e. The average molecular weight is 235 g/mol. The number of phenols is 1. The van der Waals surface area contributed by atoms with Crippen molar-refractivity contribution in [2.75, 3.05) is 5.75 Å². The molecule has 0 fully saturated rings. The number of pyridine rings is 1. The van der Waals surface area contributed by atoms with E-state index in [-0.39, 0.29) is 11.2 Å². The van der Waals surface area contributed by atoms with Crippen LogP contribution in [0.5, 0.6) is 5.75 Å². The molecule has 1 heterocycles. The molecule has 0 saturated heterocycles. The first-order chi connectivity index (χ1) is 7.65. The lowest BCUT2D eigenvalue weighted by molar-refractivity contribution is 0.480. The highest BCUT2D eigenvalue weighted by Crippen LogP contribution is 2.25. The molecule has 0 aliphatic heterocycles. The van der Waals surface area contributed by atoms with Crippen molar-refractivity contribution in [3.05, 3.63) is 34.0 Å². The van der Waals surface area contributed by atoms with Crippen LogP contribution in [0.15, 0.2) is 28.0 Å². The van der Waals surface area contributed by atoms with Crippen LogP contribution in [-0.2, 0) is 0 Å². The highest BCUT2D eigenvalue weighted by atomic mass is 32.2. The summed E-state index contributed by atoms with van der Waals surface area (Å²) >= 11 is 1.57. The Morgan fingerprint density at radius 2 is 2.19 bits per heavy atom. The minimum absolute atomic E-state index is 0.0133. The van der Waals surface area contributed by atoms with Crippen LogP contribution in [0.1, 0.15) is 12.5 Å². The molecule has 2 rings (SSSR count). The molecule has 0 aliphatic rings. The number of hydrogen-bond acceptors (Lipinski definition) is 3. The van der Waals surface area contributed by atoms with Gasteiger partial charge in [-0.1, -0.05) is 13.0 Å². The molecular formula is C12H13NO2S. The summed E-state index contributed by atoms with van der Waals surface area (Å²) in [5.41, 5.74) is 1.22. The molecule has 1 aromatic heterocycles. The van der Waals surface area contributed by atoms with Crippen LogP contribution in [0.3, 0.4) is 0 Å². The van der Waals surface area contributed by atoms with Gasteiger partial charge in [-0.05, 0) is 24.8 Å². The maximum absolute atomic E-state index is 12.0. The Balaban J connectivity index is 2.84. The number of aromatic hydroxyl groups is 1. The fourth-order valence-electron chi connectivity index (χ4n) is 1.66. The third-order valence-electron chi connectivity index (χ3n) is 2.50. The van der Waals surface area contributed by atoms with Gasteiger partial charge < -0.3 is 10.1 Å². The maximum atomic E-state index is 12.0. The van der Waals surface area contributed by atoms with Gasteiger partial charge in [-0.25, -0.2) is 0 Å². The van der Waals surface area contributed by atoms with Gasteiger partial charge in [0.05, 0.1) is 10.5 Å². The quantitative estimate of drug-likeness (QED) is 0.787. The van der Waals surface area contributed by atoms with Gasteiger partial charge in [0.15, 0.2) is 5.43 Å². The maximum Gasteiger partial charge on any atom is 0.193 e. The zero-order valence-electron chi connectivity index (χ0n) is 9.20. The number of H-pyrrole nitrogens is 1. The lowest BCUT2D eigenvalue weighted by Gasteiger charge is -2.07. The van der Waals surface area contributed by atoms with Crippen LogP contribution in [-0.4, -0.2) is 15.8 Å². The molecule has 84 valence electrons. The molecule has 0 bridgehead atoms. The van der Waals surface area contributed by atoms with Crippen LogP contribution in [0.25, 0.3) is 10.9 Å². The average Bonchev–Trinajstić information content (AvgIpc) is 2.27. The molecule has 0 saturated carbocycles. The van der Waals surface area contributed by atoms with Crippen molar-refractivity contribution in [3.63, 3.8) is 0 Å². The number of rotatable bonds is 2. The summed E-state index contributed by atoms with van der Waals surface area (Å²) < 4.78 is 0. The monoisotopic (exact) mass is 235 g/mol. The summed E-state index contributed by atoms with van der Waals surface area (Å²) in [5, 5.41) is 11.1. The predicted molar refractivity (Wildman–Crippen MR) is 67.4 cm³/mol. The summed E-state index contributed by atoms with van der Waals surface area (Å²) in [4.78, 5) is 15.1. The van der Waals surface area contributed by atoms with E-state index in [2.05, 4.69) is 4.98 Å². The molecule has 3 nitrogen and oxygen atoms in total. The largest absolute Gasteiger partial charge is 0.506 e. The van der Waals surface area contributed by atoms with Gasteiger partial charge in [-0.3, -0.25) is 4.79 Å². The molecular weight excluding hydrogens is 222 g/mol. The van der Waals surface area contributed by atoms with Gasteiger partial charge in [-0.15, -0.1) is 11.8 Å². The molecule has 4 heteroatoms. The van der Waals surface area contributed by atoms with Crippen LogP contribution < -0.4 is 5.43 Å². The van der Waals surface area contributed by atoms with E-state index in [0.29, 0.717) is 16.5 Å². The van der Waals surface area contributed by atoms with Gasteiger partial charge in [0.2, 0.25) is 0 Å². The number of para-hydroxylation sites is 1. The Morgan fingerprint density at radius 1 is 1.44 bits per heavy atom. The zero-order valence-corrected chi connectivity index (χ0v) is 10.0. The highest BCUT2D eigenvalue weighted by molar-refractivity contribution is 7.99. The summed E-state index contributed by atoms with van der Waals surface area (Å²) in [6.45, 7) is 3.83. The first kappa shape index (κ1) is 11.1. The second kappa shape index (κ2) is 4.22. The topological polar surface area (TPSA) is 53.1 Å². The molecule has 16 heavy (non-hydrogen) atoms. The van der Waals surface area contributed by atoms with Gasteiger partial charge in [-0.2, -0.15) is 0 Å². The van der Waals surface area contributed by atoms with E-state index >= 15 is 0 Å². The van der Waals surface area contributed by atoms with Gasteiger partial charge in [0, 0.05) is 10.9 Å². The molecule has 0 aliphatic carbocycles. The van der Waals surface area contributed by atoms with E-state index in [1.165, 1.54) is 0 Å². The predicted octanol–water partition coefficient (Wildman–Crippen LogP) is 2.65. The number of phenolic OH excluding ortho intramolecular Hbond substituents is 1. The van der Waals surface area contributed by atoms with Crippen molar-refractivity contribution in [1.82, 2.24) is 4.98 Å². The summed E-state index contributed by atoms with van der Waals surface area (Å²) in [6, 6.07) is 4.98. The van der Waals surface area contributed by atoms with Crippen LogP contribution in [0, 0.1) is 6.92 Å². The lowest BCUT2D eigenvalue weighted by atomic mass is 10.1. The number of hydrogen-bond donors (Lipinski definition) is 2. The third-order valence-corrected chi connectivity index (χ3v) is 3.48. The molecule has 2 aromatic rings. The lowest BCUT2D eigenvalue weighted by Crippen LogP contribution is -2.09. The molecule has 2 N–H and O–H groups in total. The second-order valence-corrected chi connectivity index (χ2v) is 4.82. The summed E-state index contributed by atoms with van der Waals surface area (Å²) in [7, 11) is 0. The van der Waals surface area contributed by atoms with Crippen molar-refractivity contribution in [3.8, 4) is 5.75 Å². The number of aromatic nitrogens is 1. The third kappa shape index (κ3) is 1.69. The fourth-order valence-corrected chi connectivity index (χ4v) is 2.43. The number of thioether (sulfide) groups is 1. The number of fused-ring (bicyclic) bond motifs is 1. The number of benzene rings is 1. The molecule has 0 spiro atoms. The van der Waals surface area contributed by atoms with E-state index in [4.69, 9.17) is 0 Å².